The summed E-state index contributed by atoms with van der Waals surface area (Å²) >= 11 is 0. The second kappa shape index (κ2) is 7.40. The SMILES string of the molecule is COc1ccc(S(=O)(=O)C(F)(F)F)cc1NC(=O)NC1C=CC(C)=CC1. The first kappa shape index (κ1) is 19.8. The highest BCUT2D eigenvalue weighted by atomic mass is 32.2. The third-order valence-electron chi connectivity index (χ3n) is 3.64. The quantitative estimate of drug-likeness (QED) is 0.826. The second-order valence-corrected chi connectivity index (χ2v) is 7.50. The molecule has 26 heavy (non-hydrogen) atoms. The molecule has 0 spiro atoms. The lowest BCUT2D eigenvalue weighted by atomic mass is 10.0. The van der Waals surface area contributed by atoms with E-state index in [1.165, 1.54) is 7.11 Å². The number of urea groups is 1. The number of anilines is 1. The predicted octanol–water partition coefficient (Wildman–Crippen LogP) is 3.39. The van der Waals surface area contributed by atoms with Crippen molar-refractivity contribution in [1.29, 1.82) is 0 Å². The van der Waals surface area contributed by atoms with Crippen molar-refractivity contribution in [3.8, 4) is 5.75 Å². The average Bonchev–Trinajstić information content (AvgIpc) is 2.55. The van der Waals surface area contributed by atoms with Gasteiger partial charge < -0.3 is 15.4 Å². The van der Waals surface area contributed by atoms with Crippen LogP contribution in [0.4, 0.5) is 23.7 Å². The molecule has 0 saturated carbocycles. The van der Waals surface area contributed by atoms with E-state index in [1.54, 1.807) is 6.08 Å². The summed E-state index contributed by atoms with van der Waals surface area (Å²) in [6.07, 6.45) is 6.08. The number of ether oxygens (including phenoxy) is 1. The van der Waals surface area contributed by atoms with Crippen LogP contribution in [0.15, 0.2) is 46.9 Å². The van der Waals surface area contributed by atoms with E-state index in [0.717, 1.165) is 17.7 Å². The van der Waals surface area contributed by atoms with Crippen LogP contribution in [0.3, 0.4) is 0 Å². The topological polar surface area (TPSA) is 84.5 Å². The summed E-state index contributed by atoms with van der Waals surface area (Å²) in [6.45, 7) is 1.91. The lowest BCUT2D eigenvalue weighted by molar-refractivity contribution is -0.0436. The molecule has 1 aromatic rings. The standard InChI is InChI=1S/C16H17F3N2O4S/c1-10-3-5-11(6-4-10)20-15(22)21-13-9-12(7-8-14(13)25-2)26(23,24)16(17,18)19/h3-5,7-9,11H,6H2,1-2H3,(H2,20,21,22). The zero-order valence-electron chi connectivity index (χ0n) is 13.9. The minimum Gasteiger partial charge on any atom is -0.495 e. The zero-order chi connectivity index (χ0) is 19.5. The lowest BCUT2D eigenvalue weighted by Gasteiger charge is -2.18. The molecule has 10 heteroatoms. The van der Waals surface area contributed by atoms with Gasteiger partial charge in [-0.15, -0.1) is 0 Å². The number of carbonyl (C=O) groups is 1. The van der Waals surface area contributed by atoms with Crippen LogP contribution in [0, 0.1) is 0 Å². The number of halogens is 3. The van der Waals surface area contributed by atoms with Crippen molar-refractivity contribution in [1.82, 2.24) is 5.32 Å². The summed E-state index contributed by atoms with van der Waals surface area (Å²) in [6, 6.07) is 1.53. The first-order chi connectivity index (χ1) is 12.0. The van der Waals surface area contributed by atoms with E-state index in [1.807, 2.05) is 19.1 Å². The van der Waals surface area contributed by atoms with Gasteiger partial charge in [0.15, 0.2) is 0 Å². The number of rotatable bonds is 4. The molecule has 0 aliphatic heterocycles. The zero-order valence-corrected chi connectivity index (χ0v) is 14.7. The molecule has 1 aromatic carbocycles. The molecule has 1 aliphatic rings. The molecule has 2 amide bonds. The summed E-state index contributed by atoms with van der Waals surface area (Å²) in [5.74, 6) is 0.0243. The third-order valence-corrected chi connectivity index (χ3v) is 5.12. The van der Waals surface area contributed by atoms with E-state index >= 15 is 0 Å². The number of hydrogen-bond acceptors (Lipinski definition) is 4. The van der Waals surface area contributed by atoms with Gasteiger partial charge >= 0.3 is 11.5 Å². The molecule has 0 aromatic heterocycles. The fourth-order valence-electron chi connectivity index (χ4n) is 2.25. The van der Waals surface area contributed by atoms with Crippen LogP contribution in [-0.4, -0.2) is 33.1 Å². The monoisotopic (exact) mass is 390 g/mol. The number of sulfone groups is 1. The molecule has 2 N–H and O–H groups in total. The maximum absolute atomic E-state index is 12.7. The Balaban J connectivity index is 2.21. The Morgan fingerprint density at radius 1 is 1.31 bits per heavy atom. The van der Waals surface area contributed by atoms with Gasteiger partial charge in [0, 0.05) is 0 Å². The smallest absolute Gasteiger partial charge is 0.495 e. The molecule has 0 bridgehead atoms. The summed E-state index contributed by atoms with van der Waals surface area (Å²) < 4.78 is 66.1. The minimum absolute atomic E-state index is 0.0243. The number of alkyl halides is 3. The maximum atomic E-state index is 12.7. The molecule has 1 aliphatic carbocycles. The van der Waals surface area contributed by atoms with Crippen LogP contribution in [0.2, 0.25) is 0 Å². The number of carbonyl (C=O) groups excluding carboxylic acids is 1. The molecule has 6 nitrogen and oxygen atoms in total. The van der Waals surface area contributed by atoms with E-state index in [4.69, 9.17) is 4.74 Å². The van der Waals surface area contributed by atoms with Crippen molar-refractivity contribution >= 4 is 21.6 Å². The van der Waals surface area contributed by atoms with Gasteiger partial charge in [-0.05, 0) is 31.5 Å². The van der Waals surface area contributed by atoms with Gasteiger partial charge in [-0.1, -0.05) is 23.8 Å². The number of benzene rings is 1. The highest BCUT2D eigenvalue weighted by Crippen LogP contribution is 2.34. The van der Waals surface area contributed by atoms with Crippen molar-refractivity contribution in [3.63, 3.8) is 0 Å². The lowest BCUT2D eigenvalue weighted by Crippen LogP contribution is -2.37. The van der Waals surface area contributed by atoms with Gasteiger partial charge in [-0.25, -0.2) is 13.2 Å². The highest BCUT2D eigenvalue weighted by Gasteiger charge is 2.47. The van der Waals surface area contributed by atoms with Gasteiger partial charge in [0.05, 0.1) is 23.7 Å². The van der Waals surface area contributed by atoms with Crippen LogP contribution in [0.5, 0.6) is 5.75 Å². The molecule has 0 saturated heterocycles. The first-order valence-electron chi connectivity index (χ1n) is 7.46. The summed E-state index contributed by atoms with van der Waals surface area (Å²) in [7, 11) is -4.30. The largest absolute Gasteiger partial charge is 0.501 e. The van der Waals surface area contributed by atoms with E-state index in [9.17, 15) is 26.4 Å². The Bertz CT molecular complexity index is 861. The molecule has 0 radical (unpaired) electrons. The van der Waals surface area contributed by atoms with Gasteiger partial charge in [-0.2, -0.15) is 13.2 Å². The summed E-state index contributed by atoms with van der Waals surface area (Å²) in [5, 5.41) is 4.94. The highest BCUT2D eigenvalue weighted by molar-refractivity contribution is 7.92. The summed E-state index contributed by atoms with van der Waals surface area (Å²) in [5.41, 5.74) is -4.59. The van der Waals surface area contributed by atoms with Crippen LogP contribution in [-0.2, 0) is 9.84 Å². The Kier molecular flexibility index (Phi) is 5.65. The molecule has 1 unspecified atom stereocenters. The number of methoxy groups -OCH3 is 1. The van der Waals surface area contributed by atoms with Gasteiger partial charge in [0.2, 0.25) is 0 Å². The average molecular weight is 390 g/mol. The molecule has 0 heterocycles. The van der Waals surface area contributed by atoms with E-state index in [-0.39, 0.29) is 17.5 Å². The fourth-order valence-corrected chi connectivity index (χ4v) is 3.03. The van der Waals surface area contributed by atoms with Crippen molar-refractivity contribution in [3.05, 3.63) is 42.0 Å². The van der Waals surface area contributed by atoms with E-state index in [2.05, 4.69) is 10.6 Å². The van der Waals surface area contributed by atoms with Crippen molar-refractivity contribution in [2.45, 2.75) is 29.8 Å². The molecule has 2 rings (SSSR count). The Morgan fingerprint density at radius 3 is 2.54 bits per heavy atom. The number of allylic oxidation sites excluding steroid dienone is 2. The maximum Gasteiger partial charge on any atom is 0.501 e. The van der Waals surface area contributed by atoms with Gasteiger partial charge in [0.1, 0.15) is 5.75 Å². The molecule has 142 valence electrons. The molecular formula is C16H17F3N2O4S. The van der Waals surface area contributed by atoms with Crippen molar-refractivity contribution in [2.75, 3.05) is 12.4 Å². The Labute approximate surface area is 148 Å². The second-order valence-electron chi connectivity index (χ2n) is 5.56. The molecule has 0 fully saturated rings. The summed E-state index contributed by atoms with van der Waals surface area (Å²) in [4.78, 5) is 11.1. The van der Waals surface area contributed by atoms with Crippen molar-refractivity contribution < 1.29 is 31.1 Å². The van der Waals surface area contributed by atoms with Crippen LogP contribution in [0.25, 0.3) is 0 Å². The minimum atomic E-state index is -5.54. The Hall–Kier alpha value is -2.49. The Morgan fingerprint density at radius 2 is 2.00 bits per heavy atom. The molecule has 1 atom stereocenters. The van der Waals surface area contributed by atoms with Crippen LogP contribution in [0.1, 0.15) is 13.3 Å². The van der Waals surface area contributed by atoms with Gasteiger partial charge in [0.25, 0.3) is 9.84 Å². The van der Waals surface area contributed by atoms with Crippen molar-refractivity contribution in [2.24, 2.45) is 0 Å². The van der Waals surface area contributed by atoms with E-state index < -0.39 is 26.3 Å². The van der Waals surface area contributed by atoms with Gasteiger partial charge in [-0.3, -0.25) is 0 Å². The fraction of sp³-hybridized carbons (Fsp3) is 0.312. The number of nitrogens with one attached hydrogen (secondary N) is 2. The van der Waals surface area contributed by atoms with E-state index in [0.29, 0.717) is 12.5 Å². The predicted molar refractivity (Wildman–Crippen MR) is 89.7 cm³/mol. The number of hydrogen-bond donors (Lipinski definition) is 2. The van der Waals surface area contributed by atoms with Crippen LogP contribution < -0.4 is 15.4 Å². The first-order valence-corrected chi connectivity index (χ1v) is 8.95. The third kappa shape index (κ3) is 4.37. The molecular weight excluding hydrogens is 373 g/mol. The number of amides is 2. The van der Waals surface area contributed by atoms with Crippen LogP contribution >= 0.6 is 0 Å². The normalized spacial score (nSPS) is 17.4.